The van der Waals surface area contributed by atoms with E-state index in [1.807, 2.05) is 24.3 Å². The van der Waals surface area contributed by atoms with Crippen LogP contribution < -0.4 is 10.6 Å². The maximum absolute atomic E-state index is 12.2. The van der Waals surface area contributed by atoms with E-state index in [1.54, 1.807) is 0 Å². The molecule has 110 valence electrons. The van der Waals surface area contributed by atoms with E-state index in [-0.39, 0.29) is 5.91 Å². The molecule has 4 heteroatoms. The van der Waals surface area contributed by atoms with Crippen LogP contribution in [0.2, 0.25) is 0 Å². The largest absolute Gasteiger partial charge is 0.385 e. The molecule has 1 aliphatic heterocycles. The highest BCUT2D eigenvalue weighted by Gasteiger charge is 2.24. The van der Waals surface area contributed by atoms with Crippen LogP contribution >= 0.6 is 0 Å². The maximum atomic E-state index is 12.2. The van der Waals surface area contributed by atoms with Crippen molar-refractivity contribution in [2.75, 3.05) is 25.5 Å². The van der Waals surface area contributed by atoms with Crippen molar-refractivity contribution >= 4 is 11.6 Å². The second-order valence-electron chi connectivity index (χ2n) is 5.63. The zero-order valence-corrected chi connectivity index (χ0v) is 12.6. The Balaban J connectivity index is 1.91. The van der Waals surface area contributed by atoms with Crippen LogP contribution in [0, 0.1) is 0 Å². The van der Waals surface area contributed by atoms with Crippen LogP contribution in [-0.2, 0) is 0 Å². The monoisotopic (exact) mass is 275 g/mol. The molecule has 1 aromatic carbocycles. The Morgan fingerprint density at radius 3 is 2.65 bits per heavy atom. The lowest BCUT2D eigenvalue weighted by atomic mass is 9.98. The SMILES string of the molecule is CCNc1ccc(C(=O)NC2CCN(C)C(C)C2)cc1. The number of amides is 1. The van der Waals surface area contributed by atoms with Gasteiger partial charge in [-0.3, -0.25) is 4.79 Å². The highest BCUT2D eigenvalue weighted by Crippen LogP contribution is 2.16. The first-order valence-electron chi connectivity index (χ1n) is 7.45. The second kappa shape index (κ2) is 6.75. The number of carbonyl (C=O) groups excluding carboxylic acids is 1. The summed E-state index contributed by atoms with van der Waals surface area (Å²) in [6, 6.07) is 8.50. The molecule has 1 saturated heterocycles. The number of nitrogens with one attached hydrogen (secondary N) is 2. The lowest BCUT2D eigenvalue weighted by molar-refractivity contribution is 0.0896. The van der Waals surface area contributed by atoms with Crippen molar-refractivity contribution in [3.63, 3.8) is 0 Å². The highest BCUT2D eigenvalue weighted by molar-refractivity contribution is 5.94. The molecule has 0 bridgehead atoms. The van der Waals surface area contributed by atoms with E-state index in [0.29, 0.717) is 12.1 Å². The third kappa shape index (κ3) is 3.73. The molecule has 2 rings (SSSR count). The number of rotatable bonds is 4. The zero-order valence-electron chi connectivity index (χ0n) is 12.6. The number of hydrogen-bond donors (Lipinski definition) is 2. The van der Waals surface area contributed by atoms with Gasteiger partial charge in [0.15, 0.2) is 0 Å². The van der Waals surface area contributed by atoms with Gasteiger partial charge in [-0.15, -0.1) is 0 Å². The van der Waals surface area contributed by atoms with Crippen LogP contribution in [0.1, 0.15) is 37.0 Å². The molecule has 20 heavy (non-hydrogen) atoms. The van der Waals surface area contributed by atoms with Crippen LogP contribution in [0.3, 0.4) is 0 Å². The Morgan fingerprint density at radius 2 is 2.05 bits per heavy atom. The summed E-state index contributed by atoms with van der Waals surface area (Å²) in [5, 5.41) is 6.38. The number of hydrogen-bond acceptors (Lipinski definition) is 3. The van der Waals surface area contributed by atoms with Crippen molar-refractivity contribution < 1.29 is 4.79 Å². The molecule has 1 heterocycles. The first-order valence-corrected chi connectivity index (χ1v) is 7.45. The minimum absolute atomic E-state index is 0.0369. The molecule has 2 N–H and O–H groups in total. The molecule has 0 saturated carbocycles. The van der Waals surface area contributed by atoms with Gasteiger partial charge in [0, 0.05) is 36.4 Å². The average molecular weight is 275 g/mol. The van der Waals surface area contributed by atoms with Crippen molar-refractivity contribution in [3.05, 3.63) is 29.8 Å². The Bertz CT molecular complexity index is 444. The van der Waals surface area contributed by atoms with Gasteiger partial charge in [-0.2, -0.15) is 0 Å². The van der Waals surface area contributed by atoms with Crippen LogP contribution in [0.5, 0.6) is 0 Å². The number of benzene rings is 1. The average Bonchev–Trinajstić information content (AvgIpc) is 2.44. The topological polar surface area (TPSA) is 44.4 Å². The van der Waals surface area contributed by atoms with E-state index in [0.717, 1.165) is 37.2 Å². The molecule has 0 spiro atoms. The number of anilines is 1. The van der Waals surface area contributed by atoms with E-state index in [9.17, 15) is 4.79 Å². The molecular formula is C16H25N3O. The standard InChI is InChI=1S/C16H25N3O/c1-4-17-14-7-5-13(6-8-14)16(20)18-15-9-10-19(3)12(2)11-15/h5-8,12,15,17H,4,9-11H2,1-3H3,(H,18,20). The number of nitrogens with zero attached hydrogens (tertiary/aromatic N) is 1. The number of likely N-dealkylation sites (tertiary alicyclic amines) is 1. The quantitative estimate of drug-likeness (QED) is 0.886. The Labute approximate surface area is 121 Å². The van der Waals surface area contributed by atoms with Crippen LogP contribution in [0.15, 0.2) is 24.3 Å². The van der Waals surface area contributed by atoms with E-state index in [1.165, 1.54) is 0 Å². The van der Waals surface area contributed by atoms with Crippen LogP contribution in [0.4, 0.5) is 5.69 Å². The zero-order chi connectivity index (χ0) is 14.5. The van der Waals surface area contributed by atoms with Crippen molar-refractivity contribution in [2.45, 2.75) is 38.8 Å². The first-order chi connectivity index (χ1) is 9.60. The molecule has 0 radical (unpaired) electrons. The van der Waals surface area contributed by atoms with Crippen molar-refractivity contribution in [2.24, 2.45) is 0 Å². The Kier molecular flexibility index (Phi) is 5.01. The van der Waals surface area contributed by atoms with E-state index in [2.05, 4.69) is 36.4 Å². The van der Waals surface area contributed by atoms with Gasteiger partial charge in [0.25, 0.3) is 5.91 Å². The lowest BCUT2D eigenvalue weighted by Crippen LogP contribution is -2.47. The predicted octanol–water partition coefficient (Wildman–Crippen LogP) is 2.33. The molecule has 2 atom stereocenters. The van der Waals surface area contributed by atoms with Crippen LogP contribution in [-0.4, -0.2) is 43.0 Å². The molecule has 2 unspecified atom stereocenters. The maximum Gasteiger partial charge on any atom is 0.251 e. The minimum atomic E-state index is 0.0369. The van der Waals surface area contributed by atoms with Gasteiger partial charge in [0.05, 0.1) is 0 Å². The fourth-order valence-electron chi connectivity index (χ4n) is 2.63. The van der Waals surface area contributed by atoms with E-state index in [4.69, 9.17) is 0 Å². The molecule has 1 fully saturated rings. The summed E-state index contributed by atoms with van der Waals surface area (Å²) in [4.78, 5) is 14.6. The summed E-state index contributed by atoms with van der Waals surface area (Å²) < 4.78 is 0. The van der Waals surface area contributed by atoms with Gasteiger partial charge >= 0.3 is 0 Å². The van der Waals surface area contributed by atoms with Gasteiger partial charge in [-0.25, -0.2) is 0 Å². The fraction of sp³-hybridized carbons (Fsp3) is 0.562. The Morgan fingerprint density at radius 1 is 1.35 bits per heavy atom. The van der Waals surface area contributed by atoms with Gasteiger partial charge < -0.3 is 15.5 Å². The lowest BCUT2D eigenvalue weighted by Gasteiger charge is -2.35. The summed E-state index contributed by atoms with van der Waals surface area (Å²) in [5.41, 5.74) is 1.79. The summed E-state index contributed by atoms with van der Waals surface area (Å²) >= 11 is 0. The summed E-state index contributed by atoms with van der Waals surface area (Å²) in [6.07, 6.45) is 2.06. The van der Waals surface area contributed by atoms with Crippen molar-refractivity contribution in [3.8, 4) is 0 Å². The summed E-state index contributed by atoms with van der Waals surface area (Å²) in [7, 11) is 2.14. The molecule has 0 aromatic heterocycles. The number of piperidine rings is 1. The molecule has 1 amide bonds. The number of carbonyl (C=O) groups is 1. The van der Waals surface area contributed by atoms with Crippen LogP contribution in [0.25, 0.3) is 0 Å². The second-order valence-corrected chi connectivity index (χ2v) is 5.63. The van der Waals surface area contributed by atoms with E-state index < -0.39 is 0 Å². The van der Waals surface area contributed by atoms with Gasteiger partial charge in [-0.1, -0.05) is 0 Å². The first kappa shape index (κ1) is 14.9. The third-order valence-corrected chi connectivity index (χ3v) is 4.07. The molecular weight excluding hydrogens is 250 g/mol. The molecule has 0 aliphatic carbocycles. The minimum Gasteiger partial charge on any atom is -0.385 e. The molecule has 1 aliphatic rings. The fourth-order valence-corrected chi connectivity index (χ4v) is 2.63. The summed E-state index contributed by atoms with van der Waals surface area (Å²) in [6.45, 7) is 6.20. The van der Waals surface area contributed by atoms with E-state index >= 15 is 0 Å². The van der Waals surface area contributed by atoms with Crippen molar-refractivity contribution in [1.29, 1.82) is 0 Å². The third-order valence-electron chi connectivity index (χ3n) is 4.07. The van der Waals surface area contributed by atoms with Gasteiger partial charge in [-0.05, 0) is 58.0 Å². The van der Waals surface area contributed by atoms with Crippen molar-refractivity contribution in [1.82, 2.24) is 10.2 Å². The highest BCUT2D eigenvalue weighted by atomic mass is 16.1. The normalized spacial score (nSPS) is 23.4. The smallest absolute Gasteiger partial charge is 0.251 e. The van der Waals surface area contributed by atoms with Gasteiger partial charge in [0.2, 0.25) is 0 Å². The predicted molar refractivity (Wildman–Crippen MR) is 83.2 cm³/mol. The Hall–Kier alpha value is -1.55. The summed E-state index contributed by atoms with van der Waals surface area (Å²) in [5.74, 6) is 0.0369. The van der Waals surface area contributed by atoms with Gasteiger partial charge in [0.1, 0.15) is 0 Å². The molecule has 4 nitrogen and oxygen atoms in total. The molecule has 1 aromatic rings.